The molecule has 0 atom stereocenters. The van der Waals surface area contributed by atoms with Gasteiger partial charge in [-0.1, -0.05) is 22.0 Å². The van der Waals surface area contributed by atoms with Gasteiger partial charge in [0, 0.05) is 5.33 Å². The van der Waals surface area contributed by atoms with Crippen molar-refractivity contribution in [3.8, 4) is 5.75 Å². The van der Waals surface area contributed by atoms with Crippen LogP contribution in [0.3, 0.4) is 0 Å². The summed E-state index contributed by atoms with van der Waals surface area (Å²) in [6.45, 7) is 0. The third-order valence-electron chi connectivity index (χ3n) is 1.37. The second kappa shape index (κ2) is 4.30. The fourth-order valence-electron chi connectivity index (χ4n) is 0.793. The van der Waals surface area contributed by atoms with Crippen LogP contribution in [0.25, 0.3) is 0 Å². The van der Waals surface area contributed by atoms with E-state index in [0.29, 0.717) is 0 Å². The Morgan fingerprint density at radius 1 is 1.55 bits per heavy atom. The van der Waals surface area contributed by atoms with Crippen LogP contribution in [0.2, 0.25) is 0 Å². The third kappa shape index (κ3) is 2.33. The molecule has 0 fully saturated rings. The van der Waals surface area contributed by atoms with E-state index in [-0.39, 0.29) is 0 Å². The van der Waals surface area contributed by atoms with Crippen molar-refractivity contribution in [1.82, 2.24) is 0 Å². The third-order valence-corrected chi connectivity index (χ3v) is 2.86. The van der Waals surface area contributed by atoms with Gasteiger partial charge in [-0.2, -0.15) is 0 Å². The lowest BCUT2D eigenvalue weighted by molar-refractivity contribution is 0.411. The maximum absolute atomic E-state index is 5.12. The lowest BCUT2D eigenvalue weighted by Gasteiger charge is -2.03. The Balaban J connectivity index is 2.99. The minimum Gasteiger partial charge on any atom is -0.496 e. The first-order valence-corrected chi connectivity index (χ1v) is 5.36. The maximum atomic E-state index is 5.12. The van der Waals surface area contributed by atoms with Crippen molar-refractivity contribution in [1.29, 1.82) is 0 Å². The molecular weight excluding hydrogens is 319 g/mol. The van der Waals surface area contributed by atoms with Crippen molar-refractivity contribution in [2.75, 3.05) is 7.11 Å². The summed E-state index contributed by atoms with van der Waals surface area (Å²) >= 11 is 5.66. The molecule has 1 aromatic carbocycles. The van der Waals surface area contributed by atoms with Crippen LogP contribution in [0, 0.1) is 3.57 Å². The van der Waals surface area contributed by atoms with E-state index in [1.165, 1.54) is 5.56 Å². The van der Waals surface area contributed by atoms with Gasteiger partial charge in [-0.05, 0) is 40.3 Å². The monoisotopic (exact) mass is 326 g/mol. The number of hydrogen-bond acceptors (Lipinski definition) is 1. The molecule has 1 aromatic rings. The molecule has 0 aliphatic heterocycles. The van der Waals surface area contributed by atoms with Crippen LogP contribution in [0.4, 0.5) is 0 Å². The molecule has 0 aliphatic rings. The van der Waals surface area contributed by atoms with E-state index in [1.807, 2.05) is 6.07 Å². The molecule has 0 aromatic heterocycles. The fourth-order valence-corrected chi connectivity index (χ4v) is 1.94. The molecule has 11 heavy (non-hydrogen) atoms. The van der Waals surface area contributed by atoms with Gasteiger partial charge in [-0.25, -0.2) is 0 Å². The topological polar surface area (TPSA) is 9.23 Å². The molecule has 0 radical (unpaired) electrons. The number of methoxy groups -OCH3 is 1. The molecule has 0 spiro atoms. The zero-order valence-electron chi connectivity index (χ0n) is 6.10. The average Bonchev–Trinajstić information content (AvgIpc) is 2.04. The zero-order valence-corrected chi connectivity index (χ0v) is 9.85. The van der Waals surface area contributed by atoms with Gasteiger partial charge in [0.25, 0.3) is 0 Å². The summed E-state index contributed by atoms with van der Waals surface area (Å²) < 4.78 is 6.28. The summed E-state index contributed by atoms with van der Waals surface area (Å²) in [5, 5.41) is 0.896. The highest BCUT2D eigenvalue weighted by Gasteiger charge is 1.98. The Hall–Kier alpha value is 0.230. The molecule has 60 valence electrons. The van der Waals surface area contributed by atoms with Crippen molar-refractivity contribution >= 4 is 38.5 Å². The minimum atomic E-state index is 0.896. The summed E-state index contributed by atoms with van der Waals surface area (Å²) in [5.41, 5.74) is 1.27. The first-order chi connectivity index (χ1) is 5.27. The molecule has 0 saturated carbocycles. The van der Waals surface area contributed by atoms with Crippen molar-refractivity contribution in [3.05, 3.63) is 27.3 Å². The predicted octanol–water partition coefficient (Wildman–Crippen LogP) is 3.19. The van der Waals surface area contributed by atoms with E-state index in [9.17, 15) is 0 Å². The molecule has 0 unspecified atom stereocenters. The lowest BCUT2D eigenvalue weighted by Crippen LogP contribution is -1.87. The van der Waals surface area contributed by atoms with Gasteiger partial charge in [0.05, 0.1) is 10.7 Å². The highest BCUT2D eigenvalue weighted by molar-refractivity contribution is 14.1. The number of rotatable bonds is 2. The van der Waals surface area contributed by atoms with Crippen LogP contribution in [-0.4, -0.2) is 7.11 Å². The molecule has 0 amide bonds. The van der Waals surface area contributed by atoms with Crippen molar-refractivity contribution < 1.29 is 4.74 Å². The Morgan fingerprint density at radius 2 is 2.27 bits per heavy atom. The van der Waals surface area contributed by atoms with Gasteiger partial charge in [0.2, 0.25) is 0 Å². The van der Waals surface area contributed by atoms with Gasteiger partial charge in [-0.3, -0.25) is 0 Å². The van der Waals surface area contributed by atoms with E-state index < -0.39 is 0 Å². The maximum Gasteiger partial charge on any atom is 0.132 e. The Morgan fingerprint density at radius 3 is 2.73 bits per heavy atom. The molecule has 3 heteroatoms. The number of ether oxygens (including phenoxy) is 1. The van der Waals surface area contributed by atoms with Crippen LogP contribution >= 0.6 is 38.5 Å². The first-order valence-electron chi connectivity index (χ1n) is 3.16. The van der Waals surface area contributed by atoms with Crippen molar-refractivity contribution in [2.45, 2.75) is 5.33 Å². The Bertz CT molecular complexity index is 250. The Labute approximate surface area is 88.4 Å². The zero-order chi connectivity index (χ0) is 8.27. The standard InChI is InChI=1S/C8H8BrIO/c1-11-8-3-2-6(5-9)4-7(8)10/h2-4H,5H2,1H3. The molecule has 1 rings (SSSR count). The van der Waals surface area contributed by atoms with E-state index in [0.717, 1.165) is 14.6 Å². The summed E-state index contributed by atoms with van der Waals surface area (Å²) in [4.78, 5) is 0. The van der Waals surface area contributed by atoms with Crippen LogP contribution in [0.15, 0.2) is 18.2 Å². The fraction of sp³-hybridized carbons (Fsp3) is 0.250. The van der Waals surface area contributed by atoms with Crippen molar-refractivity contribution in [2.24, 2.45) is 0 Å². The van der Waals surface area contributed by atoms with E-state index in [2.05, 4.69) is 50.7 Å². The highest BCUT2D eigenvalue weighted by Crippen LogP contribution is 2.22. The van der Waals surface area contributed by atoms with Crippen LogP contribution < -0.4 is 4.74 Å². The summed E-state index contributed by atoms with van der Waals surface area (Å²) in [7, 11) is 1.69. The van der Waals surface area contributed by atoms with Gasteiger partial charge < -0.3 is 4.74 Å². The Kier molecular flexibility index (Phi) is 3.65. The number of hydrogen-bond donors (Lipinski definition) is 0. The van der Waals surface area contributed by atoms with Crippen LogP contribution in [-0.2, 0) is 5.33 Å². The van der Waals surface area contributed by atoms with Crippen molar-refractivity contribution in [3.63, 3.8) is 0 Å². The van der Waals surface area contributed by atoms with E-state index in [4.69, 9.17) is 4.74 Å². The second-order valence-electron chi connectivity index (χ2n) is 2.10. The molecule has 1 nitrogen and oxygen atoms in total. The van der Waals surface area contributed by atoms with Gasteiger partial charge >= 0.3 is 0 Å². The lowest BCUT2D eigenvalue weighted by atomic mass is 10.2. The quantitative estimate of drug-likeness (QED) is 0.599. The smallest absolute Gasteiger partial charge is 0.132 e. The van der Waals surface area contributed by atoms with Crippen LogP contribution in [0.5, 0.6) is 5.75 Å². The SMILES string of the molecule is COc1ccc(CBr)cc1I. The molecule has 0 aliphatic carbocycles. The van der Waals surface area contributed by atoms with Crippen LogP contribution in [0.1, 0.15) is 5.56 Å². The predicted molar refractivity (Wildman–Crippen MR) is 58.3 cm³/mol. The molecule has 0 bridgehead atoms. The summed E-state index contributed by atoms with van der Waals surface area (Å²) in [6.07, 6.45) is 0. The first kappa shape index (κ1) is 9.32. The number of halogens is 2. The summed E-state index contributed by atoms with van der Waals surface area (Å²) in [5.74, 6) is 0.940. The molecule has 0 N–H and O–H groups in total. The second-order valence-corrected chi connectivity index (χ2v) is 3.83. The minimum absolute atomic E-state index is 0.896. The molecular formula is C8H8BrIO. The molecule has 0 saturated heterocycles. The number of benzene rings is 1. The highest BCUT2D eigenvalue weighted by atomic mass is 127. The largest absolute Gasteiger partial charge is 0.496 e. The van der Waals surface area contributed by atoms with Gasteiger partial charge in [-0.15, -0.1) is 0 Å². The van der Waals surface area contributed by atoms with Gasteiger partial charge in [0.15, 0.2) is 0 Å². The molecule has 0 heterocycles. The van der Waals surface area contributed by atoms with Gasteiger partial charge in [0.1, 0.15) is 5.75 Å². The van der Waals surface area contributed by atoms with E-state index in [1.54, 1.807) is 7.11 Å². The van der Waals surface area contributed by atoms with E-state index >= 15 is 0 Å². The average molecular weight is 327 g/mol. The summed E-state index contributed by atoms with van der Waals surface area (Å²) in [6, 6.07) is 6.14. The number of alkyl halides is 1. The normalized spacial score (nSPS) is 9.73.